The smallest absolute Gasteiger partial charge is 0.125 e. The molecule has 0 aliphatic heterocycles. The summed E-state index contributed by atoms with van der Waals surface area (Å²) in [6, 6.07) is 0. The summed E-state index contributed by atoms with van der Waals surface area (Å²) in [5.74, 6) is 0.800. The highest BCUT2D eigenvalue weighted by molar-refractivity contribution is 5.55. The number of aliphatic hydroxyl groups is 1. The summed E-state index contributed by atoms with van der Waals surface area (Å²) in [6.07, 6.45) is 2.36. The van der Waals surface area contributed by atoms with Crippen LogP contribution in [0.15, 0.2) is 0 Å². The van der Waals surface area contributed by atoms with Gasteiger partial charge in [-0.05, 0) is 24.7 Å². The summed E-state index contributed by atoms with van der Waals surface area (Å²) in [4.78, 5) is 10.5. The third kappa shape index (κ3) is 1.80. The van der Waals surface area contributed by atoms with Crippen molar-refractivity contribution in [1.29, 1.82) is 0 Å². The summed E-state index contributed by atoms with van der Waals surface area (Å²) < 4.78 is 0. The molecule has 1 rings (SSSR count). The van der Waals surface area contributed by atoms with Crippen LogP contribution >= 0.6 is 0 Å². The lowest BCUT2D eigenvalue weighted by atomic mass is 9.74. The van der Waals surface area contributed by atoms with Gasteiger partial charge in [0.1, 0.15) is 6.29 Å². The number of carbonyl (C=O) groups is 1. The van der Waals surface area contributed by atoms with Crippen molar-refractivity contribution in [3.8, 4) is 0 Å². The molecule has 4 atom stereocenters. The van der Waals surface area contributed by atoms with Crippen molar-refractivity contribution in [1.82, 2.24) is 0 Å². The van der Waals surface area contributed by atoms with E-state index < -0.39 is 6.10 Å². The molecule has 0 aromatic carbocycles. The Kier molecular flexibility index (Phi) is 2.66. The normalized spacial score (nSPS) is 45.4. The van der Waals surface area contributed by atoms with Crippen molar-refractivity contribution >= 4 is 6.29 Å². The highest BCUT2D eigenvalue weighted by Gasteiger charge is 2.32. The lowest BCUT2D eigenvalue weighted by Gasteiger charge is -2.33. The molecule has 1 aliphatic rings. The summed E-state index contributed by atoms with van der Waals surface area (Å²) in [5.41, 5.74) is 0. The molecule has 2 nitrogen and oxygen atoms in total. The molecule has 0 heterocycles. The number of aldehydes is 1. The van der Waals surface area contributed by atoms with E-state index in [1.165, 1.54) is 0 Å². The van der Waals surface area contributed by atoms with Crippen molar-refractivity contribution in [2.75, 3.05) is 0 Å². The Hall–Kier alpha value is -0.370. The largest absolute Gasteiger partial charge is 0.392 e. The fourth-order valence-corrected chi connectivity index (χ4v) is 2.06. The second kappa shape index (κ2) is 3.35. The van der Waals surface area contributed by atoms with Gasteiger partial charge in [-0.2, -0.15) is 0 Å². The van der Waals surface area contributed by atoms with E-state index in [0.717, 1.165) is 19.1 Å². The molecule has 1 N–H and O–H groups in total. The van der Waals surface area contributed by atoms with Crippen molar-refractivity contribution in [2.24, 2.45) is 17.8 Å². The monoisotopic (exact) mass is 156 g/mol. The highest BCUT2D eigenvalue weighted by atomic mass is 16.3. The minimum absolute atomic E-state index is 0.119. The first-order valence-corrected chi connectivity index (χ1v) is 4.28. The van der Waals surface area contributed by atoms with Crippen molar-refractivity contribution in [3.63, 3.8) is 0 Å². The third-order valence-electron chi connectivity index (χ3n) is 2.68. The van der Waals surface area contributed by atoms with Gasteiger partial charge in [0.2, 0.25) is 0 Å². The maximum Gasteiger partial charge on any atom is 0.125 e. The van der Waals surface area contributed by atoms with Crippen LogP contribution in [0, 0.1) is 17.8 Å². The molecular weight excluding hydrogens is 140 g/mol. The maximum absolute atomic E-state index is 10.5. The van der Waals surface area contributed by atoms with Crippen molar-refractivity contribution in [3.05, 3.63) is 0 Å². The Bertz CT molecular complexity index is 132. The van der Waals surface area contributed by atoms with Crippen LogP contribution in [0.3, 0.4) is 0 Å². The average molecular weight is 156 g/mol. The first-order chi connectivity index (χ1) is 5.15. The van der Waals surface area contributed by atoms with Crippen LogP contribution in [0.1, 0.15) is 26.7 Å². The van der Waals surface area contributed by atoms with Crippen molar-refractivity contribution in [2.45, 2.75) is 32.8 Å². The Morgan fingerprint density at radius 2 is 2.00 bits per heavy atom. The molecule has 1 fully saturated rings. The van der Waals surface area contributed by atoms with E-state index in [2.05, 4.69) is 6.92 Å². The molecule has 64 valence electrons. The van der Waals surface area contributed by atoms with E-state index in [9.17, 15) is 9.90 Å². The molecule has 0 unspecified atom stereocenters. The molecule has 2 heteroatoms. The standard InChI is InChI=1S/C9H16O2/c1-6-3-7(2)8(5-10)9(11)4-6/h5-9,11H,3-4H2,1-2H3/t6-,7+,8-,9+/m0/s1. The first-order valence-electron chi connectivity index (χ1n) is 4.28. The van der Waals surface area contributed by atoms with Gasteiger partial charge < -0.3 is 9.90 Å². The van der Waals surface area contributed by atoms with E-state index >= 15 is 0 Å². The molecule has 1 aliphatic carbocycles. The van der Waals surface area contributed by atoms with Gasteiger partial charge in [-0.15, -0.1) is 0 Å². The topological polar surface area (TPSA) is 37.3 Å². The van der Waals surface area contributed by atoms with Gasteiger partial charge >= 0.3 is 0 Å². The molecule has 0 aromatic rings. The van der Waals surface area contributed by atoms with Crippen LogP contribution in [0.25, 0.3) is 0 Å². The number of hydrogen-bond acceptors (Lipinski definition) is 2. The van der Waals surface area contributed by atoms with Crippen LogP contribution in [0.2, 0.25) is 0 Å². The lowest BCUT2D eigenvalue weighted by Crippen LogP contribution is -2.35. The minimum atomic E-state index is -0.397. The molecule has 0 saturated heterocycles. The maximum atomic E-state index is 10.5. The SMILES string of the molecule is C[C@H]1C[C@@H](C)[C@H](C=O)[C@H](O)C1. The molecule has 0 bridgehead atoms. The first kappa shape index (κ1) is 8.72. The second-order valence-corrected chi connectivity index (χ2v) is 3.83. The van der Waals surface area contributed by atoms with Gasteiger partial charge in [-0.3, -0.25) is 0 Å². The van der Waals surface area contributed by atoms with Crippen LogP contribution in [-0.4, -0.2) is 17.5 Å². The predicted molar refractivity (Wildman–Crippen MR) is 43.1 cm³/mol. The zero-order valence-electron chi connectivity index (χ0n) is 7.16. The van der Waals surface area contributed by atoms with E-state index in [1.54, 1.807) is 0 Å². The summed E-state index contributed by atoms with van der Waals surface area (Å²) >= 11 is 0. The molecule has 0 radical (unpaired) electrons. The number of rotatable bonds is 1. The zero-order chi connectivity index (χ0) is 8.43. The molecular formula is C9H16O2. The fraction of sp³-hybridized carbons (Fsp3) is 0.889. The van der Waals surface area contributed by atoms with Gasteiger partial charge in [0, 0.05) is 5.92 Å². The van der Waals surface area contributed by atoms with E-state index in [4.69, 9.17) is 0 Å². The Morgan fingerprint density at radius 1 is 1.36 bits per heavy atom. The fourth-order valence-electron chi connectivity index (χ4n) is 2.06. The van der Waals surface area contributed by atoms with E-state index in [1.807, 2.05) is 6.92 Å². The highest BCUT2D eigenvalue weighted by Crippen LogP contribution is 2.32. The van der Waals surface area contributed by atoms with E-state index in [-0.39, 0.29) is 5.92 Å². The van der Waals surface area contributed by atoms with Crippen LogP contribution in [-0.2, 0) is 4.79 Å². The Balaban J connectivity index is 2.58. The Labute approximate surface area is 67.6 Å². The molecule has 0 aromatic heterocycles. The number of hydrogen-bond donors (Lipinski definition) is 1. The van der Waals surface area contributed by atoms with Gasteiger partial charge in [0.05, 0.1) is 6.10 Å². The van der Waals surface area contributed by atoms with E-state index in [0.29, 0.717) is 11.8 Å². The summed E-state index contributed by atoms with van der Waals surface area (Å²) in [6.45, 7) is 4.17. The number of aliphatic hydroxyl groups excluding tert-OH is 1. The molecule has 0 amide bonds. The quantitative estimate of drug-likeness (QED) is 0.580. The Morgan fingerprint density at radius 3 is 2.45 bits per heavy atom. The third-order valence-corrected chi connectivity index (χ3v) is 2.68. The second-order valence-electron chi connectivity index (χ2n) is 3.83. The van der Waals surface area contributed by atoms with Crippen LogP contribution in [0.5, 0.6) is 0 Å². The van der Waals surface area contributed by atoms with Gasteiger partial charge in [0.15, 0.2) is 0 Å². The van der Waals surface area contributed by atoms with Gasteiger partial charge in [0.25, 0.3) is 0 Å². The molecule has 0 spiro atoms. The molecule has 1 saturated carbocycles. The van der Waals surface area contributed by atoms with Gasteiger partial charge in [-0.1, -0.05) is 13.8 Å². The van der Waals surface area contributed by atoms with Crippen LogP contribution in [0.4, 0.5) is 0 Å². The summed E-state index contributed by atoms with van der Waals surface area (Å²) in [5, 5.41) is 9.48. The van der Waals surface area contributed by atoms with Gasteiger partial charge in [-0.25, -0.2) is 0 Å². The lowest BCUT2D eigenvalue weighted by molar-refractivity contribution is -0.118. The zero-order valence-corrected chi connectivity index (χ0v) is 7.16. The predicted octanol–water partition coefficient (Wildman–Crippen LogP) is 1.23. The summed E-state index contributed by atoms with van der Waals surface area (Å²) in [7, 11) is 0. The number of carbonyl (C=O) groups excluding carboxylic acids is 1. The minimum Gasteiger partial charge on any atom is -0.392 e. The van der Waals surface area contributed by atoms with Crippen molar-refractivity contribution < 1.29 is 9.90 Å². The molecule has 11 heavy (non-hydrogen) atoms. The average Bonchev–Trinajstić information content (AvgIpc) is 1.85. The van der Waals surface area contributed by atoms with Crippen LogP contribution < -0.4 is 0 Å².